The number of esters is 2. The van der Waals surface area contributed by atoms with Crippen LogP contribution in [0.4, 0.5) is 0 Å². The molecule has 3 heterocycles. The van der Waals surface area contributed by atoms with Crippen LogP contribution >= 0.6 is 0 Å². The second-order valence-electron chi connectivity index (χ2n) is 7.75. The zero-order valence-electron chi connectivity index (χ0n) is 14.5. The van der Waals surface area contributed by atoms with Crippen LogP contribution in [0, 0.1) is 17.8 Å². The quantitative estimate of drug-likeness (QED) is 0.351. The lowest BCUT2D eigenvalue weighted by Crippen LogP contribution is -2.36. The van der Waals surface area contributed by atoms with Gasteiger partial charge in [0.25, 0.3) is 0 Å². The lowest BCUT2D eigenvalue weighted by atomic mass is 9.78. The molecule has 6 heteroatoms. The number of rotatable bonds is 2. The van der Waals surface area contributed by atoms with E-state index in [1.54, 1.807) is 6.07 Å². The van der Waals surface area contributed by atoms with Crippen LogP contribution in [0.3, 0.4) is 0 Å². The number of hydrogen-bond acceptors (Lipinski definition) is 6. The van der Waals surface area contributed by atoms with Crippen LogP contribution in [-0.2, 0) is 19.0 Å². The summed E-state index contributed by atoms with van der Waals surface area (Å²) in [6, 6.07) is 1.56. The molecule has 1 aromatic rings. The molecule has 6 nitrogen and oxygen atoms in total. The van der Waals surface area contributed by atoms with Crippen molar-refractivity contribution < 1.29 is 28.2 Å². The molecule has 26 heavy (non-hydrogen) atoms. The summed E-state index contributed by atoms with van der Waals surface area (Å²) in [7, 11) is 0. The van der Waals surface area contributed by atoms with Gasteiger partial charge in [0, 0.05) is 23.8 Å². The first-order valence-corrected chi connectivity index (χ1v) is 8.94. The first-order chi connectivity index (χ1) is 12.5. The number of epoxide rings is 1. The van der Waals surface area contributed by atoms with Gasteiger partial charge >= 0.3 is 11.9 Å². The van der Waals surface area contributed by atoms with E-state index in [1.807, 2.05) is 0 Å². The third-order valence-corrected chi connectivity index (χ3v) is 6.42. The molecule has 4 aliphatic rings. The first kappa shape index (κ1) is 15.9. The summed E-state index contributed by atoms with van der Waals surface area (Å²) in [6.45, 7) is 6.67. The van der Waals surface area contributed by atoms with Gasteiger partial charge in [-0.25, -0.2) is 9.59 Å². The number of ether oxygens (including phenoxy) is 3. The fourth-order valence-electron chi connectivity index (χ4n) is 5.03. The zero-order valence-corrected chi connectivity index (χ0v) is 14.5. The predicted octanol–water partition coefficient (Wildman–Crippen LogP) is 2.66. The highest BCUT2D eigenvalue weighted by atomic mass is 16.6. The Balaban J connectivity index is 1.52. The Morgan fingerprint density at radius 1 is 1.38 bits per heavy atom. The van der Waals surface area contributed by atoms with Gasteiger partial charge in [0.2, 0.25) is 0 Å². The molecule has 3 fully saturated rings. The Kier molecular flexibility index (Phi) is 3.26. The van der Waals surface area contributed by atoms with Crippen molar-refractivity contribution in [2.75, 3.05) is 6.61 Å². The van der Waals surface area contributed by atoms with E-state index in [2.05, 4.69) is 19.6 Å². The molecule has 2 saturated heterocycles. The van der Waals surface area contributed by atoms with E-state index in [-0.39, 0.29) is 29.5 Å². The third-order valence-electron chi connectivity index (χ3n) is 6.42. The van der Waals surface area contributed by atoms with Crippen molar-refractivity contribution >= 4 is 11.9 Å². The summed E-state index contributed by atoms with van der Waals surface area (Å²) in [6.07, 6.45) is 5.57. The molecule has 5 rings (SSSR count). The lowest BCUT2D eigenvalue weighted by molar-refractivity contribution is -0.141. The fraction of sp³-hybridized carbons (Fsp3) is 0.500. The number of allylic oxidation sites excluding steroid dienone is 1. The van der Waals surface area contributed by atoms with Crippen molar-refractivity contribution in [3.05, 3.63) is 48.0 Å². The highest BCUT2D eigenvalue weighted by Gasteiger charge is 2.65. The maximum Gasteiger partial charge on any atom is 0.341 e. The summed E-state index contributed by atoms with van der Waals surface area (Å²) in [5.74, 6) is -0.884. The van der Waals surface area contributed by atoms with E-state index in [1.165, 1.54) is 18.1 Å². The standard InChI is InChI=1S/C20H20O6/c1-10-3-4-13-15(10)17-16(11(2)18(21)26-17)14(7-20(13)9-24-20)25-19(22)12-5-6-23-8-12/h3,5-6,8,13-17H,2,4,7,9H2,1H3/t13-,14-,15+,16-,17-,20-/m0/s1. The van der Waals surface area contributed by atoms with Gasteiger partial charge in [-0.1, -0.05) is 18.2 Å². The molecule has 1 aromatic heterocycles. The first-order valence-electron chi connectivity index (χ1n) is 8.94. The molecule has 0 unspecified atom stereocenters. The Hall–Kier alpha value is -2.34. The Morgan fingerprint density at radius 2 is 2.19 bits per heavy atom. The minimum atomic E-state index is -0.512. The number of hydrogen-bond donors (Lipinski definition) is 0. The monoisotopic (exact) mass is 356 g/mol. The van der Waals surface area contributed by atoms with E-state index in [0.29, 0.717) is 24.2 Å². The van der Waals surface area contributed by atoms with Gasteiger partial charge < -0.3 is 18.6 Å². The van der Waals surface area contributed by atoms with Crippen LogP contribution in [0.1, 0.15) is 30.1 Å². The zero-order chi connectivity index (χ0) is 18.1. The molecule has 2 aliphatic heterocycles. The van der Waals surface area contributed by atoms with Gasteiger partial charge in [0.05, 0.1) is 30.0 Å². The van der Waals surface area contributed by atoms with Crippen LogP contribution in [0.5, 0.6) is 0 Å². The van der Waals surface area contributed by atoms with Gasteiger partial charge in [-0.15, -0.1) is 0 Å². The Morgan fingerprint density at radius 3 is 2.88 bits per heavy atom. The molecule has 136 valence electrons. The molecular formula is C20H20O6. The highest BCUT2D eigenvalue weighted by Crippen LogP contribution is 2.58. The largest absolute Gasteiger partial charge is 0.472 e. The van der Waals surface area contributed by atoms with Crippen molar-refractivity contribution in [3.63, 3.8) is 0 Å². The van der Waals surface area contributed by atoms with Gasteiger partial charge in [-0.2, -0.15) is 0 Å². The number of carbonyl (C=O) groups is 2. The van der Waals surface area contributed by atoms with Crippen molar-refractivity contribution in [3.8, 4) is 0 Å². The van der Waals surface area contributed by atoms with E-state index < -0.39 is 18.0 Å². The molecule has 0 bridgehead atoms. The van der Waals surface area contributed by atoms with Crippen molar-refractivity contribution in [1.29, 1.82) is 0 Å². The predicted molar refractivity (Wildman–Crippen MR) is 89.1 cm³/mol. The number of fused-ring (bicyclic) bond motifs is 4. The van der Waals surface area contributed by atoms with E-state index in [4.69, 9.17) is 18.6 Å². The summed E-state index contributed by atoms with van der Waals surface area (Å²) in [4.78, 5) is 24.8. The van der Waals surface area contributed by atoms with E-state index >= 15 is 0 Å². The Bertz CT molecular complexity index is 815. The number of furan rings is 1. The van der Waals surface area contributed by atoms with Crippen LogP contribution in [0.25, 0.3) is 0 Å². The SMILES string of the molecule is C=C1C(=O)O[C@@H]2[C@@H]1[C@@H](OC(=O)c1ccoc1)C[C@]1(CO1)[C@H]1CC=C(C)[C@@H]21. The maximum atomic E-state index is 12.5. The number of carbonyl (C=O) groups excluding carboxylic acids is 2. The van der Waals surface area contributed by atoms with Crippen molar-refractivity contribution in [1.82, 2.24) is 0 Å². The summed E-state index contributed by atoms with van der Waals surface area (Å²) in [5, 5.41) is 0. The Labute approximate surface area is 150 Å². The fourth-order valence-corrected chi connectivity index (χ4v) is 5.03. The topological polar surface area (TPSA) is 78.3 Å². The van der Waals surface area contributed by atoms with Gasteiger partial charge in [-0.05, 0) is 19.4 Å². The average molecular weight is 356 g/mol. The van der Waals surface area contributed by atoms with Crippen LogP contribution in [0.2, 0.25) is 0 Å². The van der Waals surface area contributed by atoms with Gasteiger partial charge in [0.15, 0.2) is 0 Å². The van der Waals surface area contributed by atoms with E-state index in [0.717, 1.165) is 6.42 Å². The molecule has 2 aliphatic carbocycles. The molecule has 1 saturated carbocycles. The third kappa shape index (κ3) is 2.14. The van der Waals surface area contributed by atoms with Gasteiger partial charge in [-0.3, -0.25) is 0 Å². The van der Waals surface area contributed by atoms with Crippen LogP contribution in [-0.4, -0.2) is 36.4 Å². The lowest BCUT2D eigenvalue weighted by Gasteiger charge is -2.29. The van der Waals surface area contributed by atoms with E-state index in [9.17, 15) is 9.59 Å². The molecular weight excluding hydrogens is 336 g/mol. The van der Waals surface area contributed by atoms with Crippen molar-refractivity contribution in [2.24, 2.45) is 17.8 Å². The smallest absolute Gasteiger partial charge is 0.341 e. The average Bonchev–Trinajstić information content (AvgIpc) is 2.98. The van der Waals surface area contributed by atoms with Gasteiger partial charge in [0.1, 0.15) is 18.5 Å². The van der Waals surface area contributed by atoms with Crippen LogP contribution in [0.15, 0.2) is 46.8 Å². The second kappa shape index (κ2) is 5.33. The summed E-state index contributed by atoms with van der Waals surface area (Å²) < 4.78 is 22.4. The second-order valence-corrected chi connectivity index (χ2v) is 7.75. The van der Waals surface area contributed by atoms with Crippen molar-refractivity contribution in [2.45, 2.75) is 37.6 Å². The van der Waals surface area contributed by atoms with Crippen LogP contribution < -0.4 is 0 Å². The minimum Gasteiger partial charge on any atom is -0.472 e. The summed E-state index contributed by atoms with van der Waals surface area (Å²) in [5.41, 5.74) is 1.64. The molecule has 1 spiro atoms. The molecule has 6 atom stereocenters. The maximum absolute atomic E-state index is 12.5. The molecule has 0 N–H and O–H groups in total. The normalized spacial score (nSPS) is 40.5. The highest BCUT2D eigenvalue weighted by molar-refractivity contribution is 5.92. The molecule has 0 amide bonds. The molecule has 0 aromatic carbocycles. The summed E-state index contributed by atoms with van der Waals surface area (Å²) >= 11 is 0. The minimum absolute atomic E-state index is 0.0864. The molecule has 0 radical (unpaired) electrons.